The van der Waals surface area contributed by atoms with Crippen LogP contribution in [-0.2, 0) is 25.6 Å². The van der Waals surface area contributed by atoms with E-state index in [1.807, 2.05) is 74.5 Å². The lowest BCUT2D eigenvalue weighted by atomic mass is 9.82. The molecule has 0 bridgehead atoms. The third-order valence-electron chi connectivity index (χ3n) is 7.95. The first-order chi connectivity index (χ1) is 20.1. The van der Waals surface area contributed by atoms with Gasteiger partial charge in [-0.1, -0.05) is 88.4 Å². The Morgan fingerprint density at radius 2 is 1.55 bits per heavy atom. The summed E-state index contributed by atoms with van der Waals surface area (Å²) in [6.07, 6.45) is 6.80. The summed E-state index contributed by atoms with van der Waals surface area (Å²) in [5, 5.41) is 3.04. The lowest BCUT2D eigenvalue weighted by Crippen LogP contribution is -2.41. The van der Waals surface area contributed by atoms with Crippen molar-refractivity contribution in [1.29, 1.82) is 0 Å². The van der Waals surface area contributed by atoms with Crippen molar-refractivity contribution >= 4 is 29.5 Å². The molecule has 2 aromatic carbocycles. The minimum atomic E-state index is -0.514. The number of hydrogen-bond donors (Lipinski definition) is 1. The molecule has 6 nitrogen and oxygen atoms in total. The van der Waals surface area contributed by atoms with Crippen LogP contribution in [0.2, 0.25) is 0 Å². The molecule has 0 saturated carbocycles. The van der Waals surface area contributed by atoms with E-state index >= 15 is 0 Å². The van der Waals surface area contributed by atoms with Crippen molar-refractivity contribution in [2.24, 2.45) is 23.7 Å². The second-order valence-corrected chi connectivity index (χ2v) is 12.5. The van der Waals surface area contributed by atoms with Crippen molar-refractivity contribution in [1.82, 2.24) is 10.2 Å². The van der Waals surface area contributed by atoms with Crippen LogP contribution in [0.4, 0.5) is 0 Å². The highest BCUT2D eigenvalue weighted by Crippen LogP contribution is 2.27. The Kier molecular flexibility index (Phi) is 13.2. The SMILES string of the molecule is CC(C)CCNC(=O)[C@@H](CC(=O)[C@@H](CC(=O)[C@@H]1CCCN1C(=O)/C=C/c1ccccc1)CC(C)C)Cc1ccccc1. The first kappa shape index (κ1) is 33.0. The van der Waals surface area contributed by atoms with Crippen LogP contribution >= 0.6 is 0 Å². The third-order valence-corrected chi connectivity index (χ3v) is 7.95. The van der Waals surface area contributed by atoms with Crippen LogP contribution in [0.1, 0.15) is 77.3 Å². The number of likely N-dealkylation sites (tertiary alicyclic amines) is 1. The van der Waals surface area contributed by atoms with E-state index in [2.05, 4.69) is 19.2 Å². The number of rotatable bonds is 16. The molecule has 6 heteroatoms. The minimum absolute atomic E-state index is 0.0446. The van der Waals surface area contributed by atoms with E-state index in [9.17, 15) is 19.2 Å². The summed E-state index contributed by atoms with van der Waals surface area (Å²) in [5.41, 5.74) is 1.93. The molecule has 3 atom stereocenters. The van der Waals surface area contributed by atoms with Gasteiger partial charge in [0.25, 0.3) is 0 Å². The minimum Gasteiger partial charge on any atom is -0.356 e. The van der Waals surface area contributed by atoms with Crippen molar-refractivity contribution < 1.29 is 19.2 Å². The number of nitrogens with zero attached hydrogens (tertiary/aromatic N) is 1. The second kappa shape index (κ2) is 16.8. The van der Waals surface area contributed by atoms with Gasteiger partial charge in [0.2, 0.25) is 11.8 Å². The Morgan fingerprint density at radius 3 is 2.19 bits per heavy atom. The number of benzene rings is 2. The maximum absolute atomic E-state index is 13.8. The van der Waals surface area contributed by atoms with Gasteiger partial charge < -0.3 is 10.2 Å². The quantitative estimate of drug-likeness (QED) is 0.240. The molecule has 1 saturated heterocycles. The fraction of sp³-hybridized carbons (Fsp3) is 0.500. The predicted molar refractivity (Wildman–Crippen MR) is 169 cm³/mol. The average molecular weight is 573 g/mol. The number of hydrogen-bond acceptors (Lipinski definition) is 4. The molecule has 1 N–H and O–H groups in total. The molecule has 2 amide bonds. The summed E-state index contributed by atoms with van der Waals surface area (Å²) < 4.78 is 0. The van der Waals surface area contributed by atoms with Crippen molar-refractivity contribution in [2.45, 2.75) is 78.7 Å². The normalized spacial score (nSPS) is 16.6. The maximum Gasteiger partial charge on any atom is 0.247 e. The number of carbonyl (C=O) groups excluding carboxylic acids is 4. The first-order valence-corrected chi connectivity index (χ1v) is 15.5. The van der Waals surface area contributed by atoms with Crippen molar-refractivity contribution in [3.63, 3.8) is 0 Å². The molecule has 1 aliphatic rings. The van der Waals surface area contributed by atoms with E-state index < -0.39 is 17.9 Å². The highest BCUT2D eigenvalue weighted by Gasteiger charge is 2.36. The molecule has 0 unspecified atom stereocenters. The summed E-state index contributed by atoms with van der Waals surface area (Å²) >= 11 is 0. The summed E-state index contributed by atoms with van der Waals surface area (Å²) in [5.74, 6) is -0.680. The number of nitrogens with one attached hydrogen (secondary N) is 1. The first-order valence-electron chi connectivity index (χ1n) is 15.5. The Hall–Kier alpha value is -3.54. The lowest BCUT2D eigenvalue weighted by molar-refractivity contribution is -0.136. The van der Waals surface area contributed by atoms with Crippen LogP contribution in [0.15, 0.2) is 66.7 Å². The van der Waals surface area contributed by atoms with Crippen LogP contribution < -0.4 is 5.32 Å². The largest absolute Gasteiger partial charge is 0.356 e. The summed E-state index contributed by atoms with van der Waals surface area (Å²) in [6, 6.07) is 18.9. The van der Waals surface area contributed by atoms with E-state index in [1.165, 1.54) is 6.08 Å². The fourth-order valence-electron chi connectivity index (χ4n) is 5.66. The summed E-state index contributed by atoms with van der Waals surface area (Å²) in [4.78, 5) is 55.3. The van der Waals surface area contributed by atoms with Gasteiger partial charge in [-0.15, -0.1) is 0 Å². The molecular formula is C36H48N2O4. The predicted octanol–water partition coefficient (Wildman–Crippen LogP) is 6.29. The molecule has 0 spiro atoms. The number of amides is 2. The molecular weight excluding hydrogens is 524 g/mol. The van der Waals surface area contributed by atoms with E-state index in [0.29, 0.717) is 38.3 Å². The van der Waals surface area contributed by atoms with Gasteiger partial charge in [-0.05, 0) is 61.1 Å². The number of ketones is 2. The highest BCUT2D eigenvalue weighted by atomic mass is 16.2. The molecule has 1 heterocycles. The van der Waals surface area contributed by atoms with Crippen molar-refractivity contribution in [2.75, 3.05) is 13.1 Å². The van der Waals surface area contributed by atoms with Gasteiger partial charge in [0.1, 0.15) is 5.78 Å². The lowest BCUT2D eigenvalue weighted by Gasteiger charge is -2.26. The van der Waals surface area contributed by atoms with E-state index in [0.717, 1.165) is 24.0 Å². The Balaban J connectivity index is 1.70. The Bertz CT molecular complexity index is 1190. The van der Waals surface area contributed by atoms with Gasteiger partial charge in [0, 0.05) is 43.8 Å². The monoisotopic (exact) mass is 572 g/mol. The molecule has 42 heavy (non-hydrogen) atoms. The third kappa shape index (κ3) is 10.7. The molecule has 0 radical (unpaired) electrons. The molecule has 0 aliphatic carbocycles. The highest BCUT2D eigenvalue weighted by molar-refractivity contribution is 5.98. The topological polar surface area (TPSA) is 83.6 Å². The fourth-order valence-corrected chi connectivity index (χ4v) is 5.66. The maximum atomic E-state index is 13.8. The van der Waals surface area contributed by atoms with Gasteiger partial charge >= 0.3 is 0 Å². The standard InChI is InChI=1S/C36H48N2O4/c1-26(2)19-20-37-36(42)31(23-29-14-9-6-10-15-29)25-33(39)30(22-27(3)4)24-34(40)32-16-11-21-38(32)35(41)18-17-28-12-7-5-8-13-28/h5-10,12-15,17-18,26-27,30-32H,11,16,19-25H2,1-4H3,(H,37,42)/b18-17+/t30-,31-,32+/m1/s1. The Morgan fingerprint density at radius 1 is 0.881 bits per heavy atom. The number of Topliss-reactive ketones (excluding diaryl/α,β-unsaturated/α-hetero) is 2. The van der Waals surface area contributed by atoms with Gasteiger partial charge in [-0.2, -0.15) is 0 Å². The zero-order valence-corrected chi connectivity index (χ0v) is 25.8. The molecule has 0 aromatic heterocycles. The molecule has 3 rings (SSSR count). The zero-order chi connectivity index (χ0) is 30.5. The van der Waals surface area contributed by atoms with Gasteiger partial charge in [0.15, 0.2) is 5.78 Å². The van der Waals surface area contributed by atoms with Crippen LogP contribution in [0.5, 0.6) is 0 Å². The van der Waals surface area contributed by atoms with Gasteiger partial charge in [0.05, 0.1) is 6.04 Å². The van der Waals surface area contributed by atoms with Gasteiger partial charge in [-0.25, -0.2) is 0 Å². The summed E-state index contributed by atoms with van der Waals surface area (Å²) in [6.45, 7) is 9.43. The summed E-state index contributed by atoms with van der Waals surface area (Å²) in [7, 11) is 0. The molecule has 1 fully saturated rings. The van der Waals surface area contributed by atoms with Gasteiger partial charge in [-0.3, -0.25) is 19.2 Å². The zero-order valence-electron chi connectivity index (χ0n) is 25.8. The number of carbonyl (C=O) groups is 4. The molecule has 1 aliphatic heterocycles. The van der Waals surface area contributed by atoms with E-state index in [1.54, 1.807) is 11.0 Å². The van der Waals surface area contributed by atoms with Crippen LogP contribution in [0.25, 0.3) is 6.08 Å². The smallest absolute Gasteiger partial charge is 0.247 e. The van der Waals surface area contributed by atoms with Crippen molar-refractivity contribution in [3.8, 4) is 0 Å². The van der Waals surface area contributed by atoms with Crippen molar-refractivity contribution in [3.05, 3.63) is 77.9 Å². The average Bonchev–Trinajstić information content (AvgIpc) is 3.46. The van der Waals surface area contributed by atoms with E-state index in [4.69, 9.17) is 0 Å². The van der Waals surface area contributed by atoms with Crippen LogP contribution in [0.3, 0.4) is 0 Å². The Labute approximate surface area is 252 Å². The van der Waals surface area contributed by atoms with Crippen LogP contribution in [-0.4, -0.2) is 47.4 Å². The molecule has 226 valence electrons. The molecule has 2 aromatic rings. The second-order valence-electron chi connectivity index (χ2n) is 12.5. The van der Waals surface area contributed by atoms with E-state index in [-0.39, 0.29) is 42.1 Å². The van der Waals surface area contributed by atoms with Crippen LogP contribution in [0, 0.1) is 23.7 Å².